The Morgan fingerprint density at radius 2 is 2.47 bits per heavy atom. The van der Waals surface area contributed by atoms with Gasteiger partial charge in [0.15, 0.2) is 0 Å². The summed E-state index contributed by atoms with van der Waals surface area (Å²) in [6.45, 7) is 0.153. The van der Waals surface area contributed by atoms with Gasteiger partial charge in [-0.25, -0.2) is 0 Å². The summed E-state index contributed by atoms with van der Waals surface area (Å²) in [7, 11) is 1.37. The molecule has 0 N–H and O–H groups in total. The highest BCUT2D eigenvalue weighted by molar-refractivity contribution is 7.08. The molecular formula is C10H10N2O2S. The van der Waals surface area contributed by atoms with Crippen LogP contribution in [0.25, 0.3) is 11.3 Å². The van der Waals surface area contributed by atoms with Gasteiger partial charge in [-0.1, -0.05) is 0 Å². The first-order valence-corrected chi connectivity index (χ1v) is 5.36. The minimum atomic E-state index is -0.296. The molecule has 0 fully saturated rings. The molecule has 0 aliphatic carbocycles. The maximum atomic E-state index is 11.0. The summed E-state index contributed by atoms with van der Waals surface area (Å²) in [5.74, 6) is -0.296. The van der Waals surface area contributed by atoms with E-state index in [0.717, 1.165) is 11.3 Å². The Balaban J connectivity index is 2.14. The van der Waals surface area contributed by atoms with E-state index in [1.54, 1.807) is 22.2 Å². The van der Waals surface area contributed by atoms with Gasteiger partial charge in [-0.3, -0.25) is 9.48 Å². The van der Waals surface area contributed by atoms with Gasteiger partial charge in [-0.15, -0.1) is 0 Å². The van der Waals surface area contributed by atoms with Gasteiger partial charge in [0.2, 0.25) is 0 Å². The lowest BCUT2D eigenvalue weighted by molar-refractivity contribution is -0.141. The van der Waals surface area contributed by atoms with Gasteiger partial charge < -0.3 is 4.74 Å². The van der Waals surface area contributed by atoms with Crippen LogP contribution in [0.4, 0.5) is 0 Å². The van der Waals surface area contributed by atoms with Gasteiger partial charge in [-0.05, 0) is 17.5 Å². The molecule has 0 saturated heterocycles. The van der Waals surface area contributed by atoms with Crippen LogP contribution in [0.1, 0.15) is 0 Å². The smallest absolute Gasteiger partial charge is 0.327 e. The molecule has 0 spiro atoms. The molecule has 78 valence electrons. The van der Waals surface area contributed by atoms with E-state index in [0.29, 0.717) is 0 Å². The predicted octanol–water partition coefficient (Wildman–Crippen LogP) is 1.78. The number of esters is 1. The van der Waals surface area contributed by atoms with Crippen LogP contribution < -0.4 is 0 Å². The third-order valence-corrected chi connectivity index (χ3v) is 2.66. The van der Waals surface area contributed by atoms with Crippen LogP contribution in [-0.2, 0) is 16.1 Å². The molecule has 0 unspecified atom stereocenters. The molecule has 5 heteroatoms. The number of hydrogen-bond donors (Lipinski definition) is 0. The number of rotatable bonds is 3. The lowest BCUT2D eigenvalue weighted by Gasteiger charge is -1.98. The monoisotopic (exact) mass is 222 g/mol. The van der Waals surface area contributed by atoms with Gasteiger partial charge in [-0.2, -0.15) is 16.4 Å². The van der Waals surface area contributed by atoms with E-state index in [2.05, 4.69) is 9.84 Å². The molecule has 0 aliphatic heterocycles. The zero-order chi connectivity index (χ0) is 10.7. The van der Waals surface area contributed by atoms with Crippen LogP contribution in [0.15, 0.2) is 29.1 Å². The van der Waals surface area contributed by atoms with E-state index in [9.17, 15) is 4.79 Å². The summed E-state index contributed by atoms with van der Waals surface area (Å²) in [6.07, 6.45) is 1.77. The van der Waals surface area contributed by atoms with Gasteiger partial charge in [0, 0.05) is 17.1 Å². The van der Waals surface area contributed by atoms with Crippen molar-refractivity contribution in [1.82, 2.24) is 9.78 Å². The fourth-order valence-electron chi connectivity index (χ4n) is 1.21. The van der Waals surface area contributed by atoms with Gasteiger partial charge in [0.05, 0.1) is 12.8 Å². The van der Waals surface area contributed by atoms with E-state index < -0.39 is 0 Å². The van der Waals surface area contributed by atoms with Crippen molar-refractivity contribution in [2.24, 2.45) is 0 Å². The van der Waals surface area contributed by atoms with Crippen molar-refractivity contribution in [2.75, 3.05) is 7.11 Å². The van der Waals surface area contributed by atoms with E-state index in [1.165, 1.54) is 7.11 Å². The molecule has 0 radical (unpaired) electrons. The number of aromatic nitrogens is 2. The highest BCUT2D eigenvalue weighted by Gasteiger charge is 2.05. The number of hydrogen-bond acceptors (Lipinski definition) is 4. The molecule has 0 amide bonds. The zero-order valence-electron chi connectivity index (χ0n) is 8.21. The summed E-state index contributed by atoms with van der Waals surface area (Å²) < 4.78 is 6.12. The number of thiophene rings is 1. The Morgan fingerprint density at radius 3 is 3.13 bits per heavy atom. The second kappa shape index (κ2) is 4.27. The Hall–Kier alpha value is -1.62. The standard InChI is InChI=1S/C10H10N2O2S/c1-14-10(13)6-12-4-2-9(11-12)8-3-5-15-7-8/h2-5,7H,6H2,1H3. The normalized spacial score (nSPS) is 10.2. The minimum Gasteiger partial charge on any atom is -0.468 e. The van der Waals surface area contributed by atoms with E-state index in [4.69, 9.17) is 0 Å². The van der Waals surface area contributed by atoms with Crippen LogP contribution in [0.5, 0.6) is 0 Å². The number of methoxy groups -OCH3 is 1. The summed E-state index contributed by atoms with van der Waals surface area (Å²) in [6, 6.07) is 3.88. The van der Waals surface area contributed by atoms with Gasteiger partial charge >= 0.3 is 5.97 Å². The molecule has 0 bridgehead atoms. The lowest BCUT2D eigenvalue weighted by atomic mass is 10.2. The van der Waals surface area contributed by atoms with Crippen molar-refractivity contribution in [1.29, 1.82) is 0 Å². The van der Waals surface area contributed by atoms with Crippen molar-refractivity contribution in [3.05, 3.63) is 29.1 Å². The molecule has 0 saturated carbocycles. The first-order chi connectivity index (χ1) is 7.29. The lowest BCUT2D eigenvalue weighted by Crippen LogP contribution is -2.11. The van der Waals surface area contributed by atoms with Crippen LogP contribution in [0.3, 0.4) is 0 Å². The second-order valence-corrected chi connectivity index (χ2v) is 3.77. The highest BCUT2D eigenvalue weighted by atomic mass is 32.1. The van der Waals surface area contributed by atoms with Crippen molar-refractivity contribution in [3.8, 4) is 11.3 Å². The van der Waals surface area contributed by atoms with Crippen LogP contribution in [0.2, 0.25) is 0 Å². The van der Waals surface area contributed by atoms with E-state index in [1.807, 2.05) is 22.9 Å². The fourth-order valence-corrected chi connectivity index (χ4v) is 1.86. The number of nitrogens with zero attached hydrogens (tertiary/aromatic N) is 2. The number of ether oxygens (including phenoxy) is 1. The van der Waals surface area contributed by atoms with Crippen LogP contribution >= 0.6 is 11.3 Å². The van der Waals surface area contributed by atoms with E-state index >= 15 is 0 Å². The zero-order valence-corrected chi connectivity index (χ0v) is 9.03. The molecule has 0 aliphatic rings. The Bertz CT molecular complexity index is 448. The first-order valence-electron chi connectivity index (χ1n) is 4.42. The average molecular weight is 222 g/mol. The molecule has 2 aromatic rings. The topological polar surface area (TPSA) is 44.1 Å². The van der Waals surface area contributed by atoms with Crippen molar-refractivity contribution in [2.45, 2.75) is 6.54 Å². The molecular weight excluding hydrogens is 212 g/mol. The van der Waals surface area contributed by atoms with Crippen molar-refractivity contribution in [3.63, 3.8) is 0 Å². The molecule has 0 atom stereocenters. The minimum absolute atomic E-state index is 0.153. The Morgan fingerprint density at radius 1 is 1.60 bits per heavy atom. The van der Waals surface area contributed by atoms with Crippen LogP contribution in [0, 0.1) is 0 Å². The molecule has 2 aromatic heterocycles. The Labute approximate surface area is 91.1 Å². The van der Waals surface area contributed by atoms with Gasteiger partial charge in [0.1, 0.15) is 6.54 Å². The highest BCUT2D eigenvalue weighted by Crippen LogP contribution is 2.19. The van der Waals surface area contributed by atoms with Gasteiger partial charge in [0.25, 0.3) is 0 Å². The number of carbonyl (C=O) groups excluding carboxylic acids is 1. The third-order valence-electron chi connectivity index (χ3n) is 1.98. The predicted molar refractivity (Wildman–Crippen MR) is 57.6 cm³/mol. The molecule has 2 rings (SSSR count). The quantitative estimate of drug-likeness (QED) is 0.743. The first kappa shape index (κ1) is 9.92. The third kappa shape index (κ3) is 2.24. The van der Waals surface area contributed by atoms with Crippen LogP contribution in [-0.4, -0.2) is 22.9 Å². The molecule has 0 aromatic carbocycles. The summed E-state index contributed by atoms with van der Waals surface area (Å²) in [5, 5.41) is 8.28. The molecule has 15 heavy (non-hydrogen) atoms. The summed E-state index contributed by atoms with van der Waals surface area (Å²) in [4.78, 5) is 11.0. The Kier molecular flexibility index (Phi) is 2.82. The fraction of sp³-hybridized carbons (Fsp3) is 0.200. The largest absolute Gasteiger partial charge is 0.468 e. The van der Waals surface area contributed by atoms with Crippen molar-refractivity contribution < 1.29 is 9.53 Å². The van der Waals surface area contributed by atoms with Crippen molar-refractivity contribution >= 4 is 17.3 Å². The van der Waals surface area contributed by atoms with E-state index in [-0.39, 0.29) is 12.5 Å². The second-order valence-electron chi connectivity index (χ2n) is 2.99. The SMILES string of the molecule is COC(=O)Cn1ccc(-c2ccsc2)n1. The number of carbonyl (C=O) groups is 1. The summed E-state index contributed by atoms with van der Waals surface area (Å²) in [5.41, 5.74) is 1.95. The molecule has 4 nitrogen and oxygen atoms in total. The maximum absolute atomic E-state index is 11.0. The molecule has 2 heterocycles. The maximum Gasteiger partial charge on any atom is 0.327 e. The average Bonchev–Trinajstić information content (AvgIpc) is 2.85. The summed E-state index contributed by atoms with van der Waals surface area (Å²) >= 11 is 1.62.